The van der Waals surface area contributed by atoms with E-state index in [2.05, 4.69) is 9.88 Å². The average Bonchev–Trinajstić information content (AvgIpc) is 2.68. The van der Waals surface area contributed by atoms with Crippen LogP contribution in [0, 0.1) is 0 Å². The smallest absolute Gasteiger partial charge is 0.253 e. The SMILES string of the molecule is Nc1nc(N2CCN(C(=O)c3ccccc3)CC2)nc2c1CCCC2. The van der Waals surface area contributed by atoms with Crippen molar-refractivity contribution in [2.75, 3.05) is 36.8 Å². The van der Waals surface area contributed by atoms with E-state index in [1.807, 2.05) is 35.2 Å². The van der Waals surface area contributed by atoms with Gasteiger partial charge in [0.25, 0.3) is 5.91 Å². The zero-order valence-electron chi connectivity index (χ0n) is 14.3. The molecule has 1 aromatic carbocycles. The first-order chi connectivity index (χ1) is 12.2. The molecule has 2 N–H and O–H groups in total. The number of rotatable bonds is 2. The minimum absolute atomic E-state index is 0.0890. The largest absolute Gasteiger partial charge is 0.383 e. The quantitative estimate of drug-likeness (QED) is 0.906. The van der Waals surface area contributed by atoms with Gasteiger partial charge >= 0.3 is 0 Å². The molecule has 1 aliphatic carbocycles. The van der Waals surface area contributed by atoms with E-state index in [-0.39, 0.29) is 5.91 Å². The second kappa shape index (κ2) is 6.70. The standard InChI is InChI=1S/C19H23N5O/c20-17-15-8-4-5-9-16(15)21-19(22-17)24-12-10-23(11-13-24)18(25)14-6-2-1-3-7-14/h1-3,6-7H,4-5,8-13H2,(H2,20,21,22). The lowest BCUT2D eigenvalue weighted by atomic mass is 9.96. The molecule has 130 valence electrons. The van der Waals surface area contributed by atoms with E-state index in [9.17, 15) is 4.79 Å². The van der Waals surface area contributed by atoms with Gasteiger partial charge in [-0.25, -0.2) is 4.98 Å². The van der Waals surface area contributed by atoms with Crippen LogP contribution in [-0.4, -0.2) is 47.0 Å². The van der Waals surface area contributed by atoms with Gasteiger partial charge in [-0.1, -0.05) is 18.2 Å². The first-order valence-electron chi connectivity index (χ1n) is 8.97. The molecule has 0 spiro atoms. The third kappa shape index (κ3) is 3.16. The molecule has 6 heteroatoms. The number of carbonyl (C=O) groups excluding carboxylic acids is 1. The summed E-state index contributed by atoms with van der Waals surface area (Å²) in [6, 6.07) is 9.44. The maximum absolute atomic E-state index is 12.5. The van der Waals surface area contributed by atoms with E-state index in [0.29, 0.717) is 24.9 Å². The first-order valence-corrected chi connectivity index (χ1v) is 8.97. The number of aromatic nitrogens is 2. The zero-order chi connectivity index (χ0) is 17.2. The van der Waals surface area contributed by atoms with Crippen molar-refractivity contribution in [2.45, 2.75) is 25.7 Å². The summed E-state index contributed by atoms with van der Waals surface area (Å²) in [7, 11) is 0. The maximum Gasteiger partial charge on any atom is 0.253 e. The number of benzene rings is 1. The third-order valence-electron chi connectivity index (χ3n) is 5.07. The highest BCUT2D eigenvalue weighted by molar-refractivity contribution is 5.94. The molecule has 4 rings (SSSR count). The topological polar surface area (TPSA) is 75.3 Å². The van der Waals surface area contributed by atoms with Gasteiger partial charge in [-0.15, -0.1) is 0 Å². The van der Waals surface area contributed by atoms with Crippen molar-refractivity contribution in [3.05, 3.63) is 47.2 Å². The molecule has 1 saturated heterocycles. The number of fused-ring (bicyclic) bond motifs is 1. The summed E-state index contributed by atoms with van der Waals surface area (Å²) in [5.74, 6) is 1.43. The molecule has 1 aliphatic heterocycles. The number of amides is 1. The van der Waals surface area contributed by atoms with E-state index in [0.717, 1.165) is 42.8 Å². The van der Waals surface area contributed by atoms with Crippen molar-refractivity contribution in [3.8, 4) is 0 Å². The van der Waals surface area contributed by atoms with Gasteiger partial charge in [0.1, 0.15) is 5.82 Å². The Morgan fingerprint density at radius 1 is 0.960 bits per heavy atom. The van der Waals surface area contributed by atoms with Crippen molar-refractivity contribution in [1.82, 2.24) is 14.9 Å². The molecular formula is C19H23N5O. The fourth-order valence-corrected chi connectivity index (χ4v) is 3.62. The van der Waals surface area contributed by atoms with E-state index in [4.69, 9.17) is 10.7 Å². The number of hydrogen-bond acceptors (Lipinski definition) is 5. The molecule has 0 atom stereocenters. The summed E-state index contributed by atoms with van der Waals surface area (Å²) in [5, 5.41) is 0. The van der Waals surface area contributed by atoms with Gasteiger partial charge in [0, 0.05) is 37.3 Å². The fourth-order valence-electron chi connectivity index (χ4n) is 3.62. The molecule has 2 aromatic rings. The van der Waals surface area contributed by atoms with Crippen LogP contribution in [0.3, 0.4) is 0 Å². The summed E-state index contributed by atoms with van der Waals surface area (Å²) in [5.41, 5.74) is 9.14. The Balaban J connectivity index is 1.45. The van der Waals surface area contributed by atoms with Crippen molar-refractivity contribution in [2.24, 2.45) is 0 Å². The van der Waals surface area contributed by atoms with Crippen molar-refractivity contribution < 1.29 is 4.79 Å². The minimum atomic E-state index is 0.0890. The van der Waals surface area contributed by atoms with Crippen LogP contribution in [0.1, 0.15) is 34.5 Å². The molecule has 0 radical (unpaired) electrons. The Hall–Kier alpha value is -2.63. The Bertz CT molecular complexity index is 769. The Labute approximate surface area is 147 Å². The van der Waals surface area contributed by atoms with Gasteiger partial charge in [-0.3, -0.25) is 4.79 Å². The Morgan fingerprint density at radius 2 is 1.68 bits per heavy atom. The molecule has 0 saturated carbocycles. The summed E-state index contributed by atoms with van der Waals surface area (Å²) in [4.78, 5) is 25.9. The van der Waals surface area contributed by atoms with Gasteiger partial charge in [0.15, 0.2) is 0 Å². The summed E-state index contributed by atoms with van der Waals surface area (Å²) < 4.78 is 0. The number of nitrogen functional groups attached to an aromatic ring is 1. The van der Waals surface area contributed by atoms with Gasteiger partial charge in [-0.2, -0.15) is 4.98 Å². The predicted octanol–water partition coefficient (Wildman–Crippen LogP) is 1.90. The summed E-state index contributed by atoms with van der Waals surface area (Å²) >= 11 is 0. The van der Waals surface area contributed by atoms with E-state index in [1.165, 1.54) is 12.8 Å². The van der Waals surface area contributed by atoms with Gasteiger partial charge in [0.05, 0.1) is 5.69 Å². The molecular weight excluding hydrogens is 314 g/mol. The minimum Gasteiger partial charge on any atom is -0.383 e. The molecule has 25 heavy (non-hydrogen) atoms. The Kier molecular flexibility index (Phi) is 4.26. The van der Waals surface area contributed by atoms with Crippen molar-refractivity contribution in [3.63, 3.8) is 0 Å². The van der Waals surface area contributed by atoms with Crippen LogP contribution >= 0.6 is 0 Å². The lowest BCUT2D eigenvalue weighted by molar-refractivity contribution is 0.0746. The van der Waals surface area contributed by atoms with Gasteiger partial charge < -0.3 is 15.5 Å². The molecule has 2 heterocycles. The van der Waals surface area contributed by atoms with Crippen LogP contribution in [-0.2, 0) is 12.8 Å². The number of hydrogen-bond donors (Lipinski definition) is 1. The van der Waals surface area contributed by atoms with Crippen LogP contribution in [0.15, 0.2) is 30.3 Å². The number of nitrogens with two attached hydrogens (primary N) is 1. The monoisotopic (exact) mass is 337 g/mol. The van der Waals surface area contributed by atoms with E-state index < -0.39 is 0 Å². The van der Waals surface area contributed by atoms with Crippen LogP contribution in [0.4, 0.5) is 11.8 Å². The molecule has 0 bridgehead atoms. The zero-order valence-corrected chi connectivity index (χ0v) is 14.3. The number of aryl methyl sites for hydroxylation is 1. The number of piperazine rings is 1. The normalized spacial score (nSPS) is 17.3. The highest BCUT2D eigenvalue weighted by atomic mass is 16.2. The fraction of sp³-hybridized carbons (Fsp3) is 0.421. The van der Waals surface area contributed by atoms with Crippen molar-refractivity contribution >= 4 is 17.7 Å². The molecule has 1 amide bonds. The molecule has 1 aromatic heterocycles. The lowest BCUT2D eigenvalue weighted by Gasteiger charge is -2.35. The molecule has 6 nitrogen and oxygen atoms in total. The Morgan fingerprint density at radius 3 is 2.44 bits per heavy atom. The van der Waals surface area contributed by atoms with Gasteiger partial charge in [-0.05, 0) is 37.8 Å². The molecule has 1 fully saturated rings. The van der Waals surface area contributed by atoms with Crippen LogP contribution in [0.25, 0.3) is 0 Å². The summed E-state index contributed by atoms with van der Waals surface area (Å²) in [6.07, 6.45) is 4.31. The predicted molar refractivity (Wildman–Crippen MR) is 97.6 cm³/mol. The number of nitrogens with zero attached hydrogens (tertiary/aromatic N) is 4. The average molecular weight is 337 g/mol. The van der Waals surface area contributed by atoms with Crippen LogP contribution < -0.4 is 10.6 Å². The number of anilines is 2. The molecule has 0 unspecified atom stereocenters. The van der Waals surface area contributed by atoms with E-state index in [1.54, 1.807) is 0 Å². The van der Waals surface area contributed by atoms with E-state index >= 15 is 0 Å². The highest BCUT2D eigenvalue weighted by Gasteiger charge is 2.25. The first kappa shape index (κ1) is 15.9. The molecule has 2 aliphatic rings. The second-order valence-electron chi connectivity index (χ2n) is 6.69. The second-order valence-corrected chi connectivity index (χ2v) is 6.69. The van der Waals surface area contributed by atoms with Crippen LogP contribution in [0.2, 0.25) is 0 Å². The maximum atomic E-state index is 12.5. The number of carbonyl (C=O) groups is 1. The van der Waals surface area contributed by atoms with Crippen molar-refractivity contribution in [1.29, 1.82) is 0 Å². The third-order valence-corrected chi connectivity index (χ3v) is 5.07. The highest BCUT2D eigenvalue weighted by Crippen LogP contribution is 2.26. The van der Waals surface area contributed by atoms with Crippen LogP contribution in [0.5, 0.6) is 0 Å². The summed E-state index contributed by atoms with van der Waals surface area (Å²) in [6.45, 7) is 2.82. The lowest BCUT2D eigenvalue weighted by Crippen LogP contribution is -2.49. The van der Waals surface area contributed by atoms with Gasteiger partial charge in [0.2, 0.25) is 5.95 Å².